The van der Waals surface area contributed by atoms with Gasteiger partial charge in [0.15, 0.2) is 0 Å². The fourth-order valence-corrected chi connectivity index (χ4v) is 3.14. The van der Waals surface area contributed by atoms with Gasteiger partial charge in [0.25, 0.3) is 0 Å². The van der Waals surface area contributed by atoms with E-state index >= 15 is 0 Å². The van der Waals surface area contributed by atoms with Gasteiger partial charge in [-0.1, -0.05) is 32.1 Å². The van der Waals surface area contributed by atoms with Crippen molar-refractivity contribution in [2.24, 2.45) is 11.8 Å². The van der Waals surface area contributed by atoms with Crippen molar-refractivity contribution < 1.29 is 10.2 Å². The summed E-state index contributed by atoms with van der Waals surface area (Å²) in [5, 5.41) is 21.9. The third kappa shape index (κ3) is 2.92. The minimum atomic E-state index is -0.385. The Bertz CT molecular complexity index is 192. The van der Waals surface area contributed by atoms with E-state index in [1.807, 2.05) is 0 Å². The molecule has 0 bridgehead atoms. The number of aliphatic hydroxyl groups excluding tert-OH is 2. The lowest BCUT2D eigenvalue weighted by atomic mass is 9.82. The molecule has 2 rings (SSSR count). The van der Waals surface area contributed by atoms with Gasteiger partial charge < -0.3 is 10.2 Å². The van der Waals surface area contributed by atoms with Crippen LogP contribution in [-0.2, 0) is 0 Å². The van der Waals surface area contributed by atoms with Crippen LogP contribution in [0.3, 0.4) is 0 Å². The summed E-state index contributed by atoms with van der Waals surface area (Å²) >= 11 is 0. The number of nitrogens with one attached hydrogen (secondary N) is 1. The Morgan fingerprint density at radius 2 is 1.87 bits per heavy atom. The van der Waals surface area contributed by atoms with Crippen LogP contribution in [0.5, 0.6) is 0 Å². The maximum absolute atomic E-state index is 9.80. The molecule has 88 valence electrons. The van der Waals surface area contributed by atoms with E-state index in [0.717, 1.165) is 18.8 Å². The van der Waals surface area contributed by atoms with Crippen molar-refractivity contribution in [1.29, 1.82) is 0 Å². The zero-order valence-corrected chi connectivity index (χ0v) is 9.36. The Labute approximate surface area is 91.9 Å². The summed E-state index contributed by atoms with van der Waals surface area (Å²) in [4.78, 5) is 0. The molecule has 2 aliphatic rings. The molecule has 0 aromatic heterocycles. The van der Waals surface area contributed by atoms with Gasteiger partial charge in [-0.2, -0.15) is 0 Å². The van der Waals surface area contributed by atoms with Crippen molar-refractivity contribution in [3.63, 3.8) is 0 Å². The molecule has 0 radical (unpaired) electrons. The molecule has 3 unspecified atom stereocenters. The molecule has 1 saturated heterocycles. The van der Waals surface area contributed by atoms with E-state index in [1.165, 1.54) is 32.1 Å². The molecule has 1 saturated carbocycles. The molecule has 1 heterocycles. The predicted octanol–water partition coefficient (Wildman–Crippen LogP) is 1.25. The Hall–Kier alpha value is -0.120. The first-order chi connectivity index (χ1) is 7.29. The van der Waals surface area contributed by atoms with Gasteiger partial charge in [-0.05, 0) is 18.8 Å². The van der Waals surface area contributed by atoms with E-state index in [1.54, 1.807) is 0 Å². The van der Waals surface area contributed by atoms with Crippen LogP contribution < -0.4 is 5.32 Å². The van der Waals surface area contributed by atoms with Crippen LogP contribution in [0, 0.1) is 11.8 Å². The van der Waals surface area contributed by atoms with Crippen molar-refractivity contribution in [2.75, 3.05) is 6.61 Å². The van der Waals surface area contributed by atoms with Crippen LogP contribution in [0.1, 0.15) is 44.9 Å². The van der Waals surface area contributed by atoms with Gasteiger partial charge in [0.1, 0.15) is 6.23 Å². The molecular weight excluding hydrogens is 190 g/mol. The summed E-state index contributed by atoms with van der Waals surface area (Å²) in [7, 11) is 0. The quantitative estimate of drug-likeness (QED) is 0.661. The summed E-state index contributed by atoms with van der Waals surface area (Å²) in [6.07, 6.45) is 8.50. The van der Waals surface area contributed by atoms with Crippen LogP contribution in [0.25, 0.3) is 0 Å². The summed E-state index contributed by atoms with van der Waals surface area (Å²) in [5.41, 5.74) is 0. The average molecular weight is 213 g/mol. The Morgan fingerprint density at radius 1 is 1.13 bits per heavy atom. The van der Waals surface area contributed by atoms with Crippen molar-refractivity contribution >= 4 is 0 Å². The molecule has 1 aliphatic carbocycles. The molecule has 2 fully saturated rings. The molecule has 3 nitrogen and oxygen atoms in total. The normalized spacial score (nSPS) is 38.4. The van der Waals surface area contributed by atoms with Crippen molar-refractivity contribution in [3.05, 3.63) is 0 Å². The van der Waals surface area contributed by atoms with E-state index in [-0.39, 0.29) is 18.9 Å². The van der Waals surface area contributed by atoms with E-state index in [2.05, 4.69) is 5.32 Å². The second-order valence-electron chi connectivity index (χ2n) is 5.23. The average Bonchev–Trinajstić information content (AvgIpc) is 2.61. The van der Waals surface area contributed by atoms with Gasteiger partial charge in [0.05, 0.1) is 6.61 Å². The molecule has 1 aliphatic heterocycles. The highest BCUT2D eigenvalue weighted by Crippen LogP contribution is 2.33. The van der Waals surface area contributed by atoms with E-state index in [0.29, 0.717) is 5.92 Å². The first kappa shape index (κ1) is 11.4. The van der Waals surface area contributed by atoms with Gasteiger partial charge in [0.2, 0.25) is 0 Å². The Morgan fingerprint density at radius 3 is 2.47 bits per heavy atom. The number of rotatable bonds is 3. The molecule has 15 heavy (non-hydrogen) atoms. The van der Waals surface area contributed by atoms with Gasteiger partial charge >= 0.3 is 0 Å². The van der Waals surface area contributed by atoms with Crippen molar-refractivity contribution in [3.8, 4) is 0 Å². The molecule has 3 atom stereocenters. The lowest BCUT2D eigenvalue weighted by Crippen LogP contribution is -2.33. The maximum Gasteiger partial charge on any atom is 0.108 e. The smallest absolute Gasteiger partial charge is 0.108 e. The van der Waals surface area contributed by atoms with Gasteiger partial charge in [0, 0.05) is 12.0 Å². The zero-order valence-electron chi connectivity index (χ0n) is 9.36. The Kier molecular flexibility index (Phi) is 4.00. The highest BCUT2D eigenvalue weighted by Gasteiger charge is 2.33. The van der Waals surface area contributed by atoms with Gasteiger partial charge in [-0.15, -0.1) is 0 Å². The number of hydrogen-bond donors (Lipinski definition) is 3. The zero-order chi connectivity index (χ0) is 10.7. The van der Waals surface area contributed by atoms with Crippen LogP contribution in [0.15, 0.2) is 0 Å². The lowest BCUT2D eigenvalue weighted by Gasteiger charge is -2.25. The van der Waals surface area contributed by atoms with E-state index in [4.69, 9.17) is 5.11 Å². The fourth-order valence-electron chi connectivity index (χ4n) is 3.14. The third-order valence-corrected chi connectivity index (χ3v) is 4.02. The summed E-state index contributed by atoms with van der Waals surface area (Å²) in [6.45, 7) is 0.151. The largest absolute Gasteiger partial charge is 0.395 e. The van der Waals surface area contributed by atoms with Gasteiger partial charge in [-0.3, -0.25) is 5.32 Å². The summed E-state index contributed by atoms with van der Waals surface area (Å²) in [6, 6.07) is 0.119. The van der Waals surface area contributed by atoms with Crippen LogP contribution >= 0.6 is 0 Å². The number of aliphatic hydroxyl groups is 2. The molecule has 0 spiro atoms. The minimum absolute atomic E-state index is 0.119. The van der Waals surface area contributed by atoms with Crippen LogP contribution in [0.4, 0.5) is 0 Å². The van der Waals surface area contributed by atoms with Crippen LogP contribution in [0.2, 0.25) is 0 Å². The second kappa shape index (κ2) is 5.28. The first-order valence-corrected chi connectivity index (χ1v) is 6.34. The van der Waals surface area contributed by atoms with E-state index < -0.39 is 0 Å². The monoisotopic (exact) mass is 213 g/mol. The Balaban J connectivity index is 1.78. The maximum atomic E-state index is 9.80. The SMILES string of the molecule is OCC1CC(CC2CCCCC2)C(O)N1. The van der Waals surface area contributed by atoms with E-state index in [9.17, 15) is 5.11 Å². The molecule has 0 aromatic rings. The predicted molar refractivity (Wildman–Crippen MR) is 59.3 cm³/mol. The third-order valence-electron chi connectivity index (χ3n) is 4.02. The van der Waals surface area contributed by atoms with Crippen molar-refractivity contribution in [1.82, 2.24) is 5.32 Å². The van der Waals surface area contributed by atoms with Crippen LogP contribution in [-0.4, -0.2) is 29.1 Å². The molecule has 3 N–H and O–H groups in total. The lowest BCUT2D eigenvalue weighted by molar-refractivity contribution is 0.0906. The minimum Gasteiger partial charge on any atom is -0.395 e. The molecule has 0 aromatic carbocycles. The fraction of sp³-hybridized carbons (Fsp3) is 1.00. The molecular formula is C12H23NO2. The standard InChI is InChI=1S/C12H23NO2/c14-8-11-7-10(12(15)13-11)6-9-4-2-1-3-5-9/h9-15H,1-8H2. The molecule has 3 heteroatoms. The highest BCUT2D eigenvalue weighted by molar-refractivity contribution is 4.86. The van der Waals surface area contributed by atoms with Crippen molar-refractivity contribution in [2.45, 2.75) is 57.2 Å². The second-order valence-corrected chi connectivity index (χ2v) is 5.23. The first-order valence-electron chi connectivity index (χ1n) is 6.34. The highest BCUT2D eigenvalue weighted by atomic mass is 16.3. The summed E-state index contributed by atoms with van der Waals surface area (Å²) < 4.78 is 0. The summed E-state index contributed by atoms with van der Waals surface area (Å²) in [5.74, 6) is 1.18. The molecule has 0 amide bonds. The van der Waals surface area contributed by atoms with Gasteiger partial charge in [-0.25, -0.2) is 0 Å². The topological polar surface area (TPSA) is 52.5 Å². The number of hydrogen-bond acceptors (Lipinski definition) is 3.